The molecule has 3 aromatic rings. The molecule has 3 rings (SSSR count). The summed E-state index contributed by atoms with van der Waals surface area (Å²) in [6.45, 7) is 0. The van der Waals surface area contributed by atoms with Crippen molar-refractivity contribution < 1.29 is 4.74 Å². The second kappa shape index (κ2) is 4.97. The zero-order valence-electron chi connectivity index (χ0n) is 10.2. The number of nitrogens with zero attached hydrogens (tertiary/aromatic N) is 1. The van der Waals surface area contributed by atoms with Gasteiger partial charge >= 0.3 is 0 Å². The van der Waals surface area contributed by atoms with Crippen LogP contribution >= 0.6 is 34.8 Å². The second-order valence-electron chi connectivity index (χ2n) is 4.07. The van der Waals surface area contributed by atoms with E-state index in [-0.39, 0.29) is 0 Å². The number of hydrogen-bond acceptors (Lipinski definition) is 2. The Morgan fingerprint density at radius 1 is 1.16 bits per heavy atom. The number of imidazole rings is 1. The van der Waals surface area contributed by atoms with Crippen molar-refractivity contribution in [3.05, 3.63) is 50.8 Å². The first-order valence-corrected chi connectivity index (χ1v) is 7.23. The number of aromatic nitrogens is 2. The minimum atomic E-state index is 0.670. The molecule has 96 valence electrons. The van der Waals surface area contributed by atoms with Crippen LogP contribution in [-0.2, 0) is 0 Å². The van der Waals surface area contributed by atoms with Crippen LogP contribution in [0.5, 0.6) is 5.75 Å². The molecule has 0 aliphatic rings. The fraction of sp³-hybridized carbons (Fsp3) is 0.0714. The van der Waals surface area contributed by atoms with Crippen LogP contribution in [-0.4, -0.2) is 16.7 Å². The van der Waals surface area contributed by atoms with Gasteiger partial charge in [0.1, 0.15) is 11.3 Å². The van der Waals surface area contributed by atoms with Crippen molar-refractivity contribution in [3.63, 3.8) is 0 Å². The van der Waals surface area contributed by atoms with Crippen molar-refractivity contribution >= 4 is 45.8 Å². The lowest BCUT2D eigenvalue weighted by molar-refractivity contribution is 0.419. The zero-order chi connectivity index (χ0) is 13.4. The largest absolute Gasteiger partial charge is 0.494 e. The van der Waals surface area contributed by atoms with Gasteiger partial charge in [0.25, 0.3) is 0 Å². The molecule has 2 aromatic carbocycles. The van der Waals surface area contributed by atoms with E-state index in [1.54, 1.807) is 7.11 Å². The minimum absolute atomic E-state index is 0.670. The quantitative estimate of drug-likeness (QED) is 0.529. The van der Waals surface area contributed by atoms with E-state index in [9.17, 15) is 0 Å². The molecule has 0 spiro atoms. The number of hydrogen-bond donors (Lipinski definition) is 1. The van der Waals surface area contributed by atoms with Crippen molar-refractivity contribution in [1.29, 1.82) is 0 Å². The first kappa shape index (κ1) is 12.7. The van der Waals surface area contributed by atoms with E-state index in [4.69, 9.17) is 17.0 Å². The Kier molecular flexibility index (Phi) is 3.32. The third-order valence-electron chi connectivity index (χ3n) is 2.99. The number of halogens is 1. The molecule has 0 amide bonds. The second-order valence-corrected chi connectivity index (χ2v) is 5.62. The Labute approximate surface area is 129 Å². The number of H-pyrrole nitrogens is 1. The minimum Gasteiger partial charge on any atom is -0.494 e. The summed E-state index contributed by atoms with van der Waals surface area (Å²) in [6.07, 6.45) is 0. The van der Waals surface area contributed by atoms with Crippen LogP contribution in [0, 0.1) is 8.34 Å². The van der Waals surface area contributed by atoms with Crippen LogP contribution in [0.1, 0.15) is 0 Å². The van der Waals surface area contributed by atoms with E-state index in [0.717, 1.165) is 26.0 Å². The Hall–Kier alpha value is -1.34. The topological polar surface area (TPSA) is 29.9 Å². The molecule has 3 nitrogen and oxygen atoms in total. The van der Waals surface area contributed by atoms with E-state index in [1.807, 2.05) is 34.9 Å². The molecule has 0 aliphatic heterocycles. The predicted octanol–water partition coefficient (Wildman–Crippen LogP) is 4.30. The fourth-order valence-electron chi connectivity index (χ4n) is 2.15. The standard InChI is InChI=1S/C14H11IN2OS/c1-18-12-8-4-7-11-13(12)16-14(19)17(11)10-6-3-2-5-9(10)15/h2-8H,1H3,(H,16,19). The SMILES string of the molecule is COc1cccc2c1[nH]c(=S)n2-c1ccccc1I. The predicted molar refractivity (Wildman–Crippen MR) is 87.7 cm³/mol. The van der Waals surface area contributed by atoms with Gasteiger partial charge in [-0.2, -0.15) is 0 Å². The Balaban J connectivity index is 2.40. The summed E-state index contributed by atoms with van der Waals surface area (Å²) in [4.78, 5) is 3.22. The van der Waals surface area contributed by atoms with Crippen LogP contribution in [0.2, 0.25) is 0 Å². The molecule has 0 radical (unpaired) electrons. The maximum atomic E-state index is 5.45. The maximum Gasteiger partial charge on any atom is 0.182 e. The summed E-state index contributed by atoms with van der Waals surface area (Å²) < 4.78 is 9.23. The molecule has 1 aromatic heterocycles. The monoisotopic (exact) mass is 382 g/mol. The Morgan fingerprint density at radius 2 is 1.95 bits per heavy atom. The van der Waals surface area contributed by atoms with Gasteiger partial charge in [-0.05, 0) is 59.1 Å². The van der Waals surface area contributed by atoms with E-state index >= 15 is 0 Å². The lowest BCUT2D eigenvalue weighted by Crippen LogP contribution is -1.96. The Bertz CT molecular complexity index is 807. The molecule has 1 heterocycles. The fourth-order valence-corrected chi connectivity index (χ4v) is 3.07. The summed E-state index contributed by atoms with van der Waals surface area (Å²) >= 11 is 7.77. The molecule has 19 heavy (non-hydrogen) atoms. The highest BCUT2D eigenvalue weighted by molar-refractivity contribution is 14.1. The van der Waals surface area contributed by atoms with Crippen molar-refractivity contribution in [3.8, 4) is 11.4 Å². The van der Waals surface area contributed by atoms with Gasteiger partial charge in [-0.1, -0.05) is 18.2 Å². The third-order valence-corrected chi connectivity index (χ3v) is 4.19. The van der Waals surface area contributed by atoms with E-state index in [1.165, 1.54) is 0 Å². The van der Waals surface area contributed by atoms with Crippen molar-refractivity contribution in [2.24, 2.45) is 0 Å². The molecule has 0 aliphatic carbocycles. The molecule has 0 unspecified atom stereocenters. The smallest absolute Gasteiger partial charge is 0.182 e. The van der Waals surface area contributed by atoms with Crippen LogP contribution in [0.15, 0.2) is 42.5 Å². The molecule has 0 saturated carbocycles. The molecular formula is C14H11IN2OS. The van der Waals surface area contributed by atoms with Crippen LogP contribution in [0.4, 0.5) is 0 Å². The number of ether oxygens (including phenoxy) is 1. The number of para-hydroxylation sites is 2. The van der Waals surface area contributed by atoms with Gasteiger partial charge in [0.05, 0.1) is 18.3 Å². The van der Waals surface area contributed by atoms with E-state index in [0.29, 0.717) is 4.77 Å². The summed E-state index contributed by atoms with van der Waals surface area (Å²) in [6, 6.07) is 14.1. The van der Waals surface area contributed by atoms with Crippen molar-refractivity contribution in [1.82, 2.24) is 9.55 Å². The molecule has 0 fully saturated rings. The average molecular weight is 382 g/mol. The first-order chi connectivity index (χ1) is 9.22. The van der Waals surface area contributed by atoms with Crippen LogP contribution in [0.25, 0.3) is 16.7 Å². The normalized spacial score (nSPS) is 10.8. The highest BCUT2D eigenvalue weighted by Crippen LogP contribution is 2.28. The lowest BCUT2D eigenvalue weighted by atomic mass is 10.2. The first-order valence-electron chi connectivity index (χ1n) is 5.75. The highest BCUT2D eigenvalue weighted by atomic mass is 127. The van der Waals surface area contributed by atoms with Crippen molar-refractivity contribution in [2.75, 3.05) is 7.11 Å². The molecule has 0 bridgehead atoms. The summed E-state index contributed by atoms with van der Waals surface area (Å²) in [7, 11) is 1.66. The molecule has 1 N–H and O–H groups in total. The number of methoxy groups -OCH3 is 1. The van der Waals surface area contributed by atoms with Gasteiger partial charge in [-0.15, -0.1) is 0 Å². The lowest BCUT2D eigenvalue weighted by Gasteiger charge is -2.07. The highest BCUT2D eigenvalue weighted by Gasteiger charge is 2.11. The van der Waals surface area contributed by atoms with Gasteiger partial charge in [0.2, 0.25) is 0 Å². The van der Waals surface area contributed by atoms with Crippen LogP contribution in [0.3, 0.4) is 0 Å². The van der Waals surface area contributed by atoms with Crippen molar-refractivity contribution in [2.45, 2.75) is 0 Å². The molecular weight excluding hydrogens is 371 g/mol. The van der Waals surface area contributed by atoms with Gasteiger partial charge in [-0.25, -0.2) is 0 Å². The summed E-state index contributed by atoms with van der Waals surface area (Å²) in [5.74, 6) is 0.799. The molecule has 0 saturated heterocycles. The zero-order valence-corrected chi connectivity index (χ0v) is 13.2. The van der Waals surface area contributed by atoms with Gasteiger partial charge < -0.3 is 9.72 Å². The molecule has 5 heteroatoms. The number of fused-ring (bicyclic) bond motifs is 1. The van der Waals surface area contributed by atoms with Gasteiger partial charge in [-0.3, -0.25) is 4.57 Å². The Morgan fingerprint density at radius 3 is 2.68 bits per heavy atom. The van der Waals surface area contributed by atoms with E-state index in [2.05, 4.69) is 39.7 Å². The number of aromatic amines is 1. The number of rotatable bonds is 2. The maximum absolute atomic E-state index is 5.45. The third kappa shape index (κ3) is 2.06. The summed E-state index contributed by atoms with van der Waals surface area (Å²) in [5, 5.41) is 0. The van der Waals surface area contributed by atoms with E-state index < -0.39 is 0 Å². The number of nitrogens with one attached hydrogen (secondary N) is 1. The van der Waals surface area contributed by atoms with Crippen LogP contribution < -0.4 is 4.74 Å². The summed E-state index contributed by atoms with van der Waals surface area (Å²) in [5.41, 5.74) is 3.02. The van der Waals surface area contributed by atoms with Gasteiger partial charge in [0.15, 0.2) is 4.77 Å². The van der Waals surface area contributed by atoms with Gasteiger partial charge in [0, 0.05) is 3.57 Å². The average Bonchev–Trinajstić information content (AvgIpc) is 2.75. The molecule has 0 atom stereocenters. The number of benzene rings is 2.